The molecule has 1 N–H and O–H groups in total. The minimum absolute atomic E-state index is 0.586. The molecule has 0 saturated heterocycles. The van der Waals surface area contributed by atoms with E-state index in [-0.39, 0.29) is 0 Å². The number of nitrogens with one attached hydrogen (secondary N) is 1. The van der Waals surface area contributed by atoms with E-state index in [2.05, 4.69) is 45.8 Å². The monoisotopic (exact) mass is 254 g/mol. The Hall–Kier alpha value is -2.10. The fourth-order valence-corrected chi connectivity index (χ4v) is 2.49. The standard InChI is InChI=1S/C15H18N4/c1-10(2)8-19-9-17-13-14(19)11-6-4-5-7-12(11)18-15(13)16-3/h4-7,9-10H,8H2,1-3H3,(H,16,18). The summed E-state index contributed by atoms with van der Waals surface area (Å²) in [6.07, 6.45) is 1.92. The van der Waals surface area contributed by atoms with Crippen LogP contribution in [0.3, 0.4) is 0 Å². The van der Waals surface area contributed by atoms with E-state index in [0.29, 0.717) is 5.92 Å². The van der Waals surface area contributed by atoms with Crippen LogP contribution in [0, 0.1) is 5.92 Å². The van der Waals surface area contributed by atoms with Crippen LogP contribution in [-0.4, -0.2) is 21.6 Å². The van der Waals surface area contributed by atoms with E-state index in [1.165, 1.54) is 5.52 Å². The summed E-state index contributed by atoms with van der Waals surface area (Å²) in [4.78, 5) is 9.16. The third-order valence-electron chi connectivity index (χ3n) is 3.25. The highest BCUT2D eigenvalue weighted by atomic mass is 15.1. The molecule has 0 atom stereocenters. The largest absolute Gasteiger partial charge is 0.371 e. The van der Waals surface area contributed by atoms with Gasteiger partial charge in [0.2, 0.25) is 0 Å². The van der Waals surface area contributed by atoms with Gasteiger partial charge in [-0.15, -0.1) is 0 Å². The van der Waals surface area contributed by atoms with Crippen molar-refractivity contribution < 1.29 is 0 Å². The van der Waals surface area contributed by atoms with E-state index in [4.69, 9.17) is 0 Å². The summed E-state index contributed by atoms with van der Waals surface area (Å²) in [5.41, 5.74) is 3.12. The molecule has 2 aromatic heterocycles. The number of imidazole rings is 1. The van der Waals surface area contributed by atoms with Crippen molar-refractivity contribution in [3.8, 4) is 0 Å². The second kappa shape index (κ2) is 4.53. The molecule has 4 nitrogen and oxygen atoms in total. The number of pyridine rings is 1. The van der Waals surface area contributed by atoms with Crippen molar-refractivity contribution in [1.29, 1.82) is 0 Å². The predicted molar refractivity (Wildman–Crippen MR) is 79.4 cm³/mol. The fraction of sp³-hybridized carbons (Fsp3) is 0.333. The van der Waals surface area contributed by atoms with Crippen molar-refractivity contribution in [2.24, 2.45) is 5.92 Å². The van der Waals surface area contributed by atoms with Gasteiger partial charge in [-0.3, -0.25) is 0 Å². The first kappa shape index (κ1) is 12.0. The first-order valence-corrected chi connectivity index (χ1v) is 6.62. The molecule has 3 rings (SSSR count). The molecule has 19 heavy (non-hydrogen) atoms. The van der Waals surface area contributed by atoms with Gasteiger partial charge in [-0.2, -0.15) is 0 Å². The van der Waals surface area contributed by atoms with Gasteiger partial charge in [0.15, 0.2) is 5.82 Å². The van der Waals surface area contributed by atoms with Gasteiger partial charge in [0, 0.05) is 19.0 Å². The first-order valence-electron chi connectivity index (χ1n) is 6.62. The van der Waals surface area contributed by atoms with Crippen LogP contribution in [0.4, 0.5) is 5.82 Å². The number of hydrogen-bond donors (Lipinski definition) is 1. The molecule has 0 amide bonds. The molecule has 4 heteroatoms. The SMILES string of the molecule is CNc1nc2ccccc2c2c1ncn2CC(C)C. The maximum atomic E-state index is 4.63. The molecule has 0 aliphatic carbocycles. The van der Waals surface area contributed by atoms with Gasteiger partial charge in [-0.25, -0.2) is 9.97 Å². The van der Waals surface area contributed by atoms with E-state index in [1.807, 2.05) is 25.5 Å². The maximum Gasteiger partial charge on any atom is 0.154 e. The van der Waals surface area contributed by atoms with E-state index in [1.54, 1.807) is 0 Å². The zero-order valence-corrected chi connectivity index (χ0v) is 11.5. The highest BCUT2D eigenvalue weighted by molar-refractivity contribution is 6.06. The Bertz CT molecular complexity index is 727. The van der Waals surface area contributed by atoms with Gasteiger partial charge in [0.1, 0.15) is 5.52 Å². The normalized spacial score (nSPS) is 11.6. The molecule has 1 aromatic carbocycles. The van der Waals surface area contributed by atoms with Gasteiger partial charge in [-0.1, -0.05) is 32.0 Å². The smallest absolute Gasteiger partial charge is 0.154 e. The Balaban J connectivity index is 2.39. The summed E-state index contributed by atoms with van der Waals surface area (Å²) < 4.78 is 2.23. The van der Waals surface area contributed by atoms with Crippen LogP contribution in [0.15, 0.2) is 30.6 Å². The lowest BCUT2D eigenvalue weighted by atomic mass is 10.1. The molecule has 0 aliphatic heterocycles. The van der Waals surface area contributed by atoms with Crippen molar-refractivity contribution in [2.75, 3.05) is 12.4 Å². The summed E-state index contributed by atoms with van der Waals surface area (Å²) in [5, 5.41) is 4.30. The van der Waals surface area contributed by atoms with Crippen molar-refractivity contribution in [3.63, 3.8) is 0 Å². The second-order valence-corrected chi connectivity index (χ2v) is 5.22. The van der Waals surface area contributed by atoms with Crippen molar-refractivity contribution in [2.45, 2.75) is 20.4 Å². The van der Waals surface area contributed by atoms with E-state index < -0.39 is 0 Å². The van der Waals surface area contributed by atoms with Crippen molar-refractivity contribution in [1.82, 2.24) is 14.5 Å². The lowest BCUT2D eigenvalue weighted by molar-refractivity contribution is 0.533. The molecule has 0 fully saturated rings. The lowest BCUT2D eigenvalue weighted by Crippen LogP contribution is -2.03. The van der Waals surface area contributed by atoms with Gasteiger partial charge in [0.05, 0.1) is 17.4 Å². The molecule has 0 unspecified atom stereocenters. The number of anilines is 1. The van der Waals surface area contributed by atoms with Crippen LogP contribution >= 0.6 is 0 Å². The van der Waals surface area contributed by atoms with Gasteiger partial charge < -0.3 is 9.88 Å². The minimum atomic E-state index is 0.586. The van der Waals surface area contributed by atoms with Crippen LogP contribution in [0.25, 0.3) is 21.9 Å². The van der Waals surface area contributed by atoms with Crippen molar-refractivity contribution in [3.05, 3.63) is 30.6 Å². The number of para-hydroxylation sites is 1. The Morgan fingerprint density at radius 1 is 1.26 bits per heavy atom. The Morgan fingerprint density at radius 2 is 2.05 bits per heavy atom. The van der Waals surface area contributed by atoms with E-state index in [0.717, 1.165) is 28.8 Å². The molecule has 0 aliphatic rings. The molecule has 0 spiro atoms. The van der Waals surface area contributed by atoms with E-state index >= 15 is 0 Å². The Kier molecular flexibility index (Phi) is 2.85. The molecule has 0 bridgehead atoms. The molecular weight excluding hydrogens is 236 g/mol. The molecule has 2 heterocycles. The van der Waals surface area contributed by atoms with Gasteiger partial charge in [-0.05, 0) is 12.0 Å². The highest BCUT2D eigenvalue weighted by Crippen LogP contribution is 2.28. The van der Waals surface area contributed by atoms with Crippen LogP contribution in [0.1, 0.15) is 13.8 Å². The highest BCUT2D eigenvalue weighted by Gasteiger charge is 2.13. The lowest BCUT2D eigenvalue weighted by Gasteiger charge is -2.10. The van der Waals surface area contributed by atoms with Crippen LogP contribution in [0.5, 0.6) is 0 Å². The maximum absolute atomic E-state index is 4.63. The number of fused-ring (bicyclic) bond motifs is 3. The number of benzene rings is 1. The molecule has 3 aromatic rings. The molecule has 0 saturated carbocycles. The predicted octanol–water partition coefficient (Wildman–Crippen LogP) is 3.28. The first-order chi connectivity index (χ1) is 9.20. The molecule has 98 valence electrons. The summed E-state index contributed by atoms with van der Waals surface area (Å²) in [6.45, 7) is 5.40. The number of hydrogen-bond acceptors (Lipinski definition) is 3. The topological polar surface area (TPSA) is 42.7 Å². The van der Waals surface area contributed by atoms with Gasteiger partial charge in [0.25, 0.3) is 0 Å². The zero-order chi connectivity index (χ0) is 13.4. The third-order valence-corrected chi connectivity index (χ3v) is 3.25. The number of aromatic nitrogens is 3. The Morgan fingerprint density at radius 3 is 2.79 bits per heavy atom. The summed E-state index contributed by atoms with van der Waals surface area (Å²) >= 11 is 0. The summed E-state index contributed by atoms with van der Waals surface area (Å²) in [6, 6.07) is 8.23. The van der Waals surface area contributed by atoms with Crippen LogP contribution in [0.2, 0.25) is 0 Å². The second-order valence-electron chi connectivity index (χ2n) is 5.22. The summed E-state index contributed by atoms with van der Waals surface area (Å²) in [5.74, 6) is 1.43. The van der Waals surface area contributed by atoms with Crippen molar-refractivity contribution >= 4 is 27.8 Å². The fourth-order valence-electron chi connectivity index (χ4n) is 2.49. The molecule has 0 radical (unpaired) electrons. The van der Waals surface area contributed by atoms with Gasteiger partial charge >= 0.3 is 0 Å². The minimum Gasteiger partial charge on any atom is -0.371 e. The number of rotatable bonds is 3. The zero-order valence-electron chi connectivity index (χ0n) is 11.5. The number of nitrogens with zero attached hydrogens (tertiary/aromatic N) is 3. The average Bonchev–Trinajstić information content (AvgIpc) is 2.81. The third kappa shape index (κ3) is 1.93. The quantitative estimate of drug-likeness (QED) is 0.780. The van der Waals surface area contributed by atoms with E-state index in [9.17, 15) is 0 Å². The van der Waals surface area contributed by atoms with Crippen LogP contribution < -0.4 is 5.32 Å². The Labute approximate surface area is 112 Å². The van der Waals surface area contributed by atoms with Crippen LogP contribution in [-0.2, 0) is 6.54 Å². The molecular formula is C15H18N4. The summed E-state index contributed by atoms with van der Waals surface area (Å²) in [7, 11) is 1.89. The average molecular weight is 254 g/mol.